The van der Waals surface area contributed by atoms with Crippen LogP contribution in [0.2, 0.25) is 0 Å². The van der Waals surface area contributed by atoms with Gasteiger partial charge in [-0.3, -0.25) is 4.79 Å². The molecule has 3 atom stereocenters. The molecule has 0 unspecified atom stereocenters. The molecule has 2 aromatic carbocycles. The first kappa shape index (κ1) is 17.5. The Bertz CT molecular complexity index is 663. The van der Waals surface area contributed by atoms with Crippen LogP contribution in [0.15, 0.2) is 54.6 Å². The number of aliphatic hydroxyl groups is 1. The summed E-state index contributed by atoms with van der Waals surface area (Å²) in [6, 6.07) is 16.5. The van der Waals surface area contributed by atoms with Gasteiger partial charge in [0, 0.05) is 6.42 Å². The van der Waals surface area contributed by atoms with Crippen molar-refractivity contribution in [1.29, 1.82) is 0 Å². The monoisotopic (exact) mass is 332 g/mol. The predicted octanol–water partition coefficient (Wildman–Crippen LogP) is 1.75. The highest BCUT2D eigenvalue weighted by molar-refractivity contribution is 5.85. The molecule has 23 heavy (non-hydrogen) atoms. The highest BCUT2D eigenvalue weighted by Crippen LogP contribution is 2.31. The molecule has 3 rings (SSSR count). The number of benzene rings is 2. The first-order valence-corrected chi connectivity index (χ1v) is 7.51. The van der Waals surface area contributed by atoms with E-state index >= 15 is 0 Å². The summed E-state index contributed by atoms with van der Waals surface area (Å²) in [4.78, 5) is 12.3. The molecule has 0 fully saturated rings. The van der Waals surface area contributed by atoms with E-state index in [1.165, 1.54) is 0 Å². The number of aliphatic hydroxyl groups excluding tert-OH is 1. The van der Waals surface area contributed by atoms with Crippen molar-refractivity contribution in [3.05, 3.63) is 71.3 Å². The second kappa shape index (κ2) is 7.59. The van der Waals surface area contributed by atoms with Crippen LogP contribution < -0.4 is 11.1 Å². The van der Waals surface area contributed by atoms with Crippen molar-refractivity contribution in [1.82, 2.24) is 5.32 Å². The number of hydrogen-bond acceptors (Lipinski definition) is 3. The van der Waals surface area contributed by atoms with Crippen LogP contribution in [0.5, 0.6) is 0 Å². The Hall–Kier alpha value is -1.88. The Morgan fingerprint density at radius 3 is 2.57 bits per heavy atom. The fraction of sp³-hybridized carbons (Fsp3) is 0.278. The van der Waals surface area contributed by atoms with Crippen LogP contribution in [0, 0.1) is 0 Å². The summed E-state index contributed by atoms with van der Waals surface area (Å²) >= 11 is 0. The lowest BCUT2D eigenvalue weighted by atomic mass is 10.0. The molecule has 1 aliphatic carbocycles. The number of carbonyl (C=O) groups excluding carboxylic acids is 1. The Morgan fingerprint density at radius 1 is 1.17 bits per heavy atom. The van der Waals surface area contributed by atoms with Crippen molar-refractivity contribution in [2.24, 2.45) is 5.73 Å². The van der Waals surface area contributed by atoms with Crippen LogP contribution in [-0.4, -0.2) is 23.2 Å². The van der Waals surface area contributed by atoms with Gasteiger partial charge in [-0.05, 0) is 23.1 Å². The minimum Gasteiger partial charge on any atom is -0.390 e. The summed E-state index contributed by atoms with van der Waals surface area (Å²) in [7, 11) is 0. The largest absolute Gasteiger partial charge is 0.390 e. The van der Waals surface area contributed by atoms with Gasteiger partial charge in [0.2, 0.25) is 5.91 Å². The number of nitrogens with two attached hydrogens (primary N) is 1. The van der Waals surface area contributed by atoms with Gasteiger partial charge in [-0.2, -0.15) is 0 Å². The zero-order valence-corrected chi connectivity index (χ0v) is 13.5. The van der Waals surface area contributed by atoms with Crippen molar-refractivity contribution < 1.29 is 9.90 Å². The first-order chi connectivity index (χ1) is 10.6. The average molecular weight is 333 g/mol. The number of rotatable bonds is 4. The van der Waals surface area contributed by atoms with Gasteiger partial charge in [0.15, 0.2) is 0 Å². The summed E-state index contributed by atoms with van der Waals surface area (Å²) < 4.78 is 0. The SMILES string of the molecule is Cl.N[C@@H](Cc1ccccc1)C(=O)N[C@H]1c2ccccc2C[C@H]1O. The van der Waals surface area contributed by atoms with Crippen LogP contribution in [0.1, 0.15) is 22.7 Å². The van der Waals surface area contributed by atoms with E-state index in [4.69, 9.17) is 5.73 Å². The fourth-order valence-corrected chi connectivity index (χ4v) is 2.97. The van der Waals surface area contributed by atoms with E-state index in [9.17, 15) is 9.90 Å². The Labute approximate surface area is 142 Å². The predicted molar refractivity (Wildman–Crippen MR) is 92.4 cm³/mol. The molecule has 0 saturated carbocycles. The number of nitrogens with one attached hydrogen (secondary N) is 1. The standard InChI is InChI=1S/C18H20N2O2.ClH/c19-15(10-12-6-2-1-3-7-12)18(22)20-17-14-9-5-4-8-13(14)11-16(17)21;/h1-9,15-17,21H,10-11,19H2,(H,20,22);1H/t15-,16+,17-;/m0./s1. The number of hydrogen-bond donors (Lipinski definition) is 3. The van der Waals surface area contributed by atoms with Crippen molar-refractivity contribution >= 4 is 18.3 Å². The number of carbonyl (C=O) groups is 1. The van der Waals surface area contributed by atoms with E-state index < -0.39 is 12.1 Å². The third-order valence-electron chi connectivity index (χ3n) is 4.14. The van der Waals surface area contributed by atoms with Gasteiger partial charge in [-0.15, -0.1) is 12.4 Å². The summed E-state index contributed by atoms with van der Waals surface area (Å²) in [6.07, 6.45) is 0.455. The molecule has 0 saturated heterocycles. The van der Waals surface area contributed by atoms with E-state index in [-0.39, 0.29) is 24.4 Å². The lowest BCUT2D eigenvalue weighted by molar-refractivity contribution is -0.123. The van der Waals surface area contributed by atoms with E-state index in [2.05, 4.69) is 5.32 Å². The second-order valence-electron chi connectivity index (χ2n) is 5.75. The highest BCUT2D eigenvalue weighted by atomic mass is 35.5. The molecule has 0 radical (unpaired) electrons. The van der Waals surface area contributed by atoms with Crippen LogP contribution in [-0.2, 0) is 17.6 Å². The molecule has 1 amide bonds. The summed E-state index contributed by atoms with van der Waals surface area (Å²) in [5.41, 5.74) is 9.09. The highest BCUT2D eigenvalue weighted by Gasteiger charge is 2.32. The topological polar surface area (TPSA) is 75.4 Å². The normalized spacial score (nSPS) is 20.3. The van der Waals surface area contributed by atoms with E-state index in [0.717, 1.165) is 16.7 Å². The van der Waals surface area contributed by atoms with Gasteiger partial charge in [0.1, 0.15) is 0 Å². The zero-order valence-electron chi connectivity index (χ0n) is 12.7. The summed E-state index contributed by atoms with van der Waals surface area (Å²) in [6.45, 7) is 0. The van der Waals surface area contributed by atoms with Crippen molar-refractivity contribution in [2.45, 2.75) is 31.0 Å². The van der Waals surface area contributed by atoms with Crippen LogP contribution in [0.4, 0.5) is 0 Å². The van der Waals surface area contributed by atoms with Crippen molar-refractivity contribution in [3.8, 4) is 0 Å². The zero-order chi connectivity index (χ0) is 15.5. The minimum absolute atomic E-state index is 0. The number of fused-ring (bicyclic) bond motifs is 1. The maximum absolute atomic E-state index is 12.3. The van der Waals surface area contributed by atoms with Gasteiger partial charge in [-0.1, -0.05) is 54.6 Å². The van der Waals surface area contributed by atoms with E-state index in [0.29, 0.717) is 12.8 Å². The molecular formula is C18H21ClN2O2. The quantitative estimate of drug-likeness (QED) is 0.798. The molecule has 0 aromatic heterocycles. The van der Waals surface area contributed by atoms with E-state index in [1.807, 2.05) is 54.6 Å². The molecule has 4 N–H and O–H groups in total. The third-order valence-corrected chi connectivity index (χ3v) is 4.14. The molecule has 0 bridgehead atoms. The van der Waals surface area contributed by atoms with Crippen molar-refractivity contribution in [2.75, 3.05) is 0 Å². The number of amides is 1. The van der Waals surface area contributed by atoms with Gasteiger partial charge in [0.05, 0.1) is 18.2 Å². The van der Waals surface area contributed by atoms with Gasteiger partial charge in [-0.25, -0.2) is 0 Å². The Kier molecular flexibility index (Phi) is 5.77. The summed E-state index contributed by atoms with van der Waals surface area (Å²) in [5, 5.41) is 13.1. The molecule has 0 aliphatic heterocycles. The summed E-state index contributed by atoms with van der Waals surface area (Å²) in [5.74, 6) is -0.232. The molecule has 5 heteroatoms. The van der Waals surface area contributed by atoms with Gasteiger partial charge < -0.3 is 16.2 Å². The van der Waals surface area contributed by atoms with E-state index in [1.54, 1.807) is 0 Å². The average Bonchev–Trinajstić information content (AvgIpc) is 2.84. The number of halogens is 1. The molecule has 2 aromatic rings. The van der Waals surface area contributed by atoms with Gasteiger partial charge in [0.25, 0.3) is 0 Å². The van der Waals surface area contributed by atoms with Crippen LogP contribution in [0.3, 0.4) is 0 Å². The fourth-order valence-electron chi connectivity index (χ4n) is 2.97. The Morgan fingerprint density at radius 2 is 1.83 bits per heavy atom. The molecule has 0 spiro atoms. The third kappa shape index (κ3) is 3.91. The second-order valence-corrected chi connectivity index (χ2v) is 5.75. The molecule has 122 valence electrons. The molecule has 1 aliphatic rings. The molecule has 4 nitrogen and oxygen atoms in total. The van der Waals surface area contributed by atoms with Crippen molar-refractivity contribution in [3.63, 3.8) is 0 Å². The smallest absolute Gasteiger partial charge is 0.237 e. The Balaban J connectivity index is 0.00000192. The lowest BCUT2D eigenvalue weighted by Gasteiger charge is -2.20. The van der Waals surface area contributed by atoms with Gasteiger partial charge >= 0.3 is 0 Å². The lowest BCUT2D eigenvalue weighted by Crippen LogP contribution is -2.45. The maximum Gasteiger partial charge on any atom is 0.237 e. The first-order valence-electron chi connectivity index (χ1n) is 7.51. The molecular weight excluding hydrogens is 312 g/mol. The van der Waals surface area contributed by atoms with Crippen LogP contribution in [0.25, 0.3) is 0 Å². The maximum atomic E-state index is 12.3. The minimum atomic E-state index is -0.623. The van der Waals surface area contributed by atoms with Crippen LogP contribution >= 0.6 is 12.4 Å². The molecule has 0 heterocycles.